The van der Waals surface area contributed by atoms with Crippen LogP contribution in [0.1, 0.15) is 12.0 Å². The summed E-state index contributed by atoms with van der Waals surface area (Å²) in [6, 6.07) is 1.60. The Kier molecular flexibility index (Phi) is 3.03. The van der Waals surface area contributed by atoms with E-state index in [0.717, 1.165) is 10.8 Å². The third-order valence-corrected chi connectivity index (χ3v) is 1.70. The van der Waals surface area contributed by atoms with Gasteiger partial charge in [0.25, 0.3) is 5.56 Å². The van der Waals surface area contributed by atoms with Crippen LogP contribution >= 0.6 is 0 Å². The molecule has 1 aromatic rings. The quantitative estimate of drug-likeness (QED) is 0.654. The van der Waals surface area contributed by atoms with Crippen molar-refractivity contribution in [1.29, 1.82) is 5.26 Å². The van der Waals surface area contributed by atoms with Crippen molar-refractivity contribution in [2.24, 2.45) is 0 Å². The molecule has 0 saturated carbocycles. The number of H-pyrrole nitrogens is 1. The maximum absolute atomic E-state index is 11.1. The van der Waals surface area contributed by atoms with Gasteiger partial charge < -0.3 is 5.11 Å². The molecule has 0 atom stereocenters. The molecular weight excluding hydrogens is 202 g/mol. The second-order valence-corrected chi connectivity index (χ2v) is 2.75. The Hall–Kier alpha value is -2.36. The maximum Gasteiger partial charge on any atom is 0.328 e. The van der Waals surface area contributed by atoms with E-state index >= 15 is 0 Å². The highest BCUT2D eigenvalue weighted by atomic mass is 16.4. The Morgan fingerprint density at radius 3 is 2.80 bits per heavy atom. The van der Waals surface area contributed by atoms with Gasteiger partial charge in [-0.1, -0.05) is 0 Å². The summed E-state index contributed by atoms with van der Waals surface area (Å²) in [5.41, 5.74) is -1.71. The fraction of sp³-hybridized carbons (Fsp3) is 0.250. The van der Waals surface area contributed by atoms with Gasteiger partial charge in [0.15, 0.2) is 0 Å². The van der Waals surface area contributed by atoms with Crippen molar-refractivity contribution < 1.29 is 9.90 Å². The van der Waals surface area contributed by atoms with Gasteiger partial charge in [-0.15, -0.1) is 0 Å². The number of aliphatic carboxylic acids is 1. The van der Waals surface area contributed by atoms with Gasteiger partial charge in [-0.05, 0) is 0 Å². The average Bonchev–Trinajstić information content (AvgIpc) is 2.16. The van der Waals surface area contributed by atoms with Crippen LogP contribution in [0.25, 0.3) is 0 Å². The van der Waals surface area contributed by atoms with E-state index in [1.54, 1.807) is 6.07 Å². The number of aryl methyl sites for hydroxylation is 1. The number of aromatic nitrogens is 2. The number of carboxylic acids is 1. The molecule has 0 spiro atoms. The zero-order valence-electron chi connectivity index (χ0n) is 7.56. The van der Waals surface area contributed by atoms with Crippen LogP contribution in [0.4, 0.5) is 0 Å². The number of nitrogens with zero attached hydrogens (tertiary/aromatic N) is 2. The minimum atomic E-state index is -1.06. The second kappa shape index (κ2) is 4.23. The lowest BCUT2D eigenvalue weighted by atomic mass is 10.3. The third-order valence-electron chi connectivity index (χ3n) is 1.70. The molecule has 0 aliphatic carbocycles. The standard InChI is InChI=1S/C8H7N3O4/c9-3-5-4-11(2-1-6(12)13)8(15)10-7(5)14/h4H,1-2H2,(H,12,13)(H,10,14,15). The molecule has 0 amide bonds. The fourth-order valence-corrected chi connectivity index (χ4v) is 0.971. The van der Waals surface area contributed by atoms with E-state index in [4.69, 9.17) is 10.4 Å². The Morgan fingerprint density at radius 2 is 2.27 bits per heavy atom. The predicted octanol–water partition coefficient (Wildman–Crippen LogP) is -1.12. The molecule has 1 aromatic heterocycles. The average molecular weight is 209 g/mol. The van der Waals surface area contributed by atoms with Gasteiger partial charge in [-0.2, -0.15) is 5.26 Å². The van der Waals surface area contributed by atoms with Crippen LogP contribution in [0.15, 0.2) is 15.8 Å². The first-order valence-corrected chi connectivity index (χ1v) is 4.00. The summed E-state index contributed by atoms with van der Waals surface area (Å²) in [4.78, 5) is 34.3. The second-order valence-electron chi connectivity index (χ2n) is 2.75. The lowest BCUT2D eigenvalue weighted by Gasteiger charge is -2.01. The first-order chi connectivity index (χ1) is 7.04. The summed E-state index contributed by atoms with van der Waals surface area (Å²) in [5.74, 6) is -1.06. The van der Waals surface area contributed by atoms with Gasteiger partial charge >= 0.3 is 11.7 Å². The smallest absolute Gasteiger partial charge is 0.328 e. The maximum atomic E-state index is 11.1. The SMILES string of the molecule is N#Cc1cn(CCC(=O)O)c(=O)[nH]c1=O. The van der Waals surface area contributed by atoms with E-state index in [1.807, 2.05) is 4.98 Å². The number of carbonyl (C=O) groups is 1. The molecule has 2 N–H and O–H groups in total. The molecule has 0 fully saturated rings. The molecule has 7 nitrogen and oxygen atoms in total. The van der Waals surface area contributed by atoms with E-state index in [1.165, 1.54) is 0 Å². The van der Waals surface area contributed by atoms with E-state index in [2.05, 4.69) is 0 Å². The molecule has 0 radical (unpaired) electrons. The van der Waals surface area contributed by atoms with Crippen LogP contribution < -0.4 is 11.2 Å². The molecule has 0 aromatic carbocycles. The molecule has 78 valence electrons. The Balaban J connectivity index is 3.10. The van der Waals surface area contributed by atoms with Crippen molar-refractivity contribution in [1.82, 2.24) is 9.55 Å². The number of aromatic amines is 1. The molecule has 15 heavy (non-hydrogen) atoms. The number of nitrogens with one attached hydrogen (secondary N) is 1. The normalized spacial score (nSPS) is 9.53. The highest BCUT2D eigenvalue weighted by molar-refractivity contribution is 5.66. The van der Waals surface area contributed by atoms with Gasteiger partial charge in [-0.3, -0.25) is 19.1 Å². The molecule has 0 aliphatic heterocycles. The lowest BCUT2D eigenvalue weighted by Crippen LogP contribution is -2.31. The largest absolute Gasteiger partial charge is 0.481 e. The van der Waals surface area contributed by atoms with Crippen LogP contribution in [0.3, 0.4) is 0 Å². The van der Waals surface area contributed by atoms with Crippen molar-refractivity contribution in [3.63, 3.8) is 0 Å². The first kappa shape index (κ1) is 10.7. The third kappa shape index (κ3) is 2.54. The highest BCUT2D eigenvalue weighted by Crippen LogP contribution is 1.88. The molecular formula is C8H7N3O4. The lowest BCUT2D eigenvalue weighted by molar-refractivity contribution is -0.137. The summed E-state index contributed by atoms with van der Waals surface area (Å²) in [5, 5.41) is 16.9. The summed E-state index contributed by atoms with van der Waals surface area (Å²) in [6.07, 6.45) is 0.793. The van der Waals surface area contributed by atoms with Gasteiger partial charge in [0.2, 0.25) is 0 Å². The van der Waals surface area contributed by atoms with Crippen molar-refractivity contribution >= 4 is 5.97 Å². The van der Waals surface area contributed by atoms with E-state index < -0.39 is 17.2 Å². The van der Waals surface area contributed by atoms with Crippen molar-refractivity contribution in [3.8, 4) is 6.07 Å². The highest BCUT2D eigenvalue weighted by Gasteiger charge is 2.05. The van der Waals surface area contributed by atoms with E-state index in [-0.39, 0.29) is 18.5 Å². The van der Waals surface area contributed by atoms with Crippen LogP contribution in [0.2, 0.25) is 0 Å². The molecule has 0 bridgehead atoms. The van der Waals surface area contributed by atoms with Crippen LogP contribution in [0, 0.1) is 11.3 Å². The molecule has 0 aliphatic rings. The number of carboxylic acid groups (broad SMARTS) is 1. The molecule has 0 saturated heterocycles. The Morgan fingerprint density at radius 1 is 1.60 bits per heavy atom. The number of hydrogen-bond donors (Lipinski definition) is 2. The molecule has 0 unspecified atom stereocenters. The number of nitriles is 1. The topological polar surface area (TPSA) is 116 Å². The minimum Gasteiger partial charge on any atom is -0.481 e. The zero-order valence-corrected chi connectivity index (χ0v) is 7.56. The number of hydrogen-bond acceptors (Lipinski definition) is 4. The molecule has 1 heterocycles. The van der Waals surface area contributed by atoms with Crippen LogP contribution in [0.5, 0.6) is 0 Å². The minimum absolute atomic E-state index is 0.0837. The zero-order chi connectivity index (χ0) is 11.4. The van der Waals surface area contributed by atoms with Crippen molar-refractivity contribution in [2.75, 3.05) is 0 Å². The summed E-state index contributed by atoms with van der Waals surface area (Å²) < 4.78 is 0.980. The van der Waals surface area contributed by atoms with Crippen molar-refractivity contribution in [2.45, 2.75) is 13.0 Å². The monoisotopic (exact) mass is 209 g/mol. The van der Waals surface area contributed by atoms with Crippen LogP contribution in [-0.2, 0) is 11.3 Å². The predicted molar refractivity (Wildman–Crippen MR) is 48.3 cm³/mol. The fourth-order valence-electron chi connectivity index (χ4n) is 0.971. The first-order valence-electron chi connectivity index (χ1n) is 4.00. The number of rotatable bonds is 3. The summed E-state index contributed by atoms with van der Waals surface area (Å²) in [6.45, 7) is -0.0837. The Labute approximate surface area is 83.2 Å². The summed E-state index contributed by atoms with van der Waals surface area (Å²) >= 11 is 0. The van der Waals surface area contributed by atoms with Gasteiger partial charge in [0, 0.05) is 12.7 Å². The van der Waals surface area contributed by atoms with Gasteiger partial charge in [-0.25, -0.2) is 4.79 Å². The van der Waals surface area contributed by atoms with Crippen LogP contribution in [-0.4, -0.2) is 20.6 Å². The van der Waals surface area contributed by atoms with Gasteiger partial charge in [0.1, 0.15) is 11.6 Å². The summed E-state index contributed by atoms with van der Waals surface area (Å²) in [7, 11) is 0. The Bertz CT molecular complexity index is 534. The van der Waals surface area contributed by atoms with E-state index in [9.17, 15) is 14.4 Å². The molecule has 7 heteroatoms. The van der Waals surface area contributed by atoms with E-state index in [0.29, 0.717) is 0 Å². The van der Waals surface area contributed by atoms with Crippen molar-refractivity contribution in [3.05, 3.63) is 32.6 Å². The molecule has 1 rings (SSSR count). The van der Waals surface area contributed by atoms with Gasteiger partial charge in [0.05, 0.1) is 6.42 Å².